The number of methoxy groups -OCH3 is 1. The Kier molecular flexibility index (Phi) is 2.72. The highest BCUT2D eigenvalue weighted by atomic mass is 16.5. The van der Waals surface area contributed by atoms with E-state index in [2.05, 4.69) is 4.98 Å². The molecule has 2 rings (SSSR count). The summed E-state index contributed by atoms with van der Waals surface area (Å²) in [7, 11) is 1.56. The molecule has 1 aromatic heterocycles. The smallest absolute Gasteiger partial charge is 0.308 e. The molecule has 0 bridgehead atoms. The molecule has 4 nitrogen and oxygen atoms in total. The number of ether oxygens (including phenoxy) is 2. The molecule has 4 heteroatoms. The maximum absolute atomic E-state index is 10.9. The van der Waals surface area contributed by atoms with Crippen molar-refractivity contribution in [2.75, 3.05) is 7.11 Å². The van der Waals surface area contributed by atoms with Crippen molar-refractivity contribution >= 4 is 16.7 Å². The average molecular weight is 217 g/mol. The third-order valence-corrected chi connectivity index (χ3v) is 2.18. The maximum atomic E-state index is 10.9. The van der Waals surface area contributed by atoms with E-state index >= 15 is 0 Å². The van der Waals surface area contributed by atoms with Gasteiger partial charge in [-0.2, -0.15) is 0 Å². The number of hydrogen-bond donors (Lipinski definition) is 0. The molecule has 82 valence electrons. The van der Waals surface area contributed by atoms with Crippen LogP contribution in [0.3, 0.4) is 0 Å². The number of benzene rings is 1. The van der Waals surface area contributed by atoms with Gasteiger partial charge in [0.05, 0.1) is 7.11 Å². The van der Waals surface area contributed by atoms with Crippen molar-refractivity contribution in [1.82, 2.24) is 4.98 Å². The van der Waals surface area contributed by atoms with Gasteiger partial charge in [0.1, 0.15) is 5.75 Å². The predicted octanol–water partition coefficient (Wildman–Crippen LogP) is 2.17. The van der Waals surface area contributed by atoms with Gasteiger partial charge < -0.3 is 9.47 Å². The van der Waals surface area contributed by atoms with Gasteiger partial charge in [0.25, 0.3) is 0 Å². The molecule has 0 aliphatic heterocycles. The van der Waals surface area contributed by atoms with Crippen LogP contribution >= 0.6 is 0 Å². The Morgan fingerprint density at radius 1 is 1.25 bits per heavy atom. The first kappa shape index (κ1) is 10.4. The van der Waals surface area contributed by atoms with Crippen LogP contribution in [0.2, 0.25) is 0 Å². The van der Waals surface area contributed by atoms with E-state index in [4.69, 9.17) is 9.47 Å². The molecule has 16 heavy (non-hydrogen) atoms. The van der Waals surface area contributed by atoms with Crippen molar-refractivity contribution in [3.63, 3.8) is 0 Å². The standard InChI is InChI=1S/C12H11NO3/c1-8(14)16-11-5-3-4-10-9(11)6-7-13-12(10)15-2/h3-7H,1-2H3. The molecule has 0 aliphatic carbocycles. The molecule has 0 N–H and O–H groups in total. The minimum Gasteiger partial charge on any atom is -0.481 e. The molecule has 0 aliphatic rings. The molecule has 0 saturated heterocycles. The Morgan fingerprint density at radius 2 is 2.06 bits per heavy atom. The summed E-state index contributed by atoms with van der Waals surface area (Å²) in [5.41, 5.74) is 0. The number of esters is 1. The second-order valence-electron chi connectivity index (χ2n) is 3.27. The van der Waals surface area contributed by atoms with E-state index in [-0.39, 0.29) is 5.97 Å². The minimum atomic E-state index is -0.344. The number of fused-ring (bicyclic) bond motifs is 1. The Hall–Kier alpha value is -2.10. The zero-order valence-electron chi connectivity index (χ0n) is 9.06. The molecule has 0 amide bonds. The molecule has 2 aromatic rings. The zero-order chi connectivity index (χ0) is 11.5. The van der Waals surface area contributed by atoms with Gasteiger partial charge in [0.15, 0.2) is 0 Å². The maximum Gasteiger partial charge on any atom is 0.308 e. The first-order valence-corrected chi connectivity index (χ1v) is 4.82. The van der Waals surface area contributed by atoms with Gasteiger partial charge in [-0.15, -0.1) is 0 Å². The van der Waals surface area contributed by atoms with Gasteiger partial charge in [-0.3, -0.25) is 4.79 Å². The molecular formula is C12H11NO3. The normalized spacial score (nSPS) is 10.1. The molecule has 0 atom stereocenters. The fourth-order valence-corrected chi connectivity index (χ4v) is 1.56. The SMILES string of the molecule is COc1nccc2c(OC(C)=O)cccc12. The van der Waals surface area contributed by atoms with Crippen LogP contribution in [0.1, 0.15) is 6.92 Å². The van der Waals surface area contributed by atoms with Crippen molar-refractivity contribution in [2.45, 2.75) is 6.92 Å². The Balaban J connectivity index is 2.64. The lowest BCUT2D eigenvalue weighted by Crippen LogP contribution is -2.02. The van der Waals surface area contributed by atoms with Crippen LogP contribution in [0.15, 0.2) is 30.5 Å². The number of pyridine rings is 1. The van der Waals surface area contributed by atoms with E-state index in [0.717, 1.165) is 10.8 Å². The lowest BCUT2D eigenvalue weighted by atomic mass is 10.1. The highest BCUT2D eigenvalue weighted by Crippen LogP contribution is 2.30. The molecule has 0 fully saturated rings. The first-order valence-electron chi connectivity index (χ1n) is 4.82. The molecule has 1 heterocycles. The van der Waals surface area contributed by atoms with E-state index < -0.39 is 0 Å². The van der Waals surface area contributed by atoms with Crippen LogP contribution in [0.25, 0.3) is 10.8 Å². The topological polar surface area (TPSA) is 48.4 Å². The van der Waals surface area contributed by atoms with Crippen molar-refractivity contribution in [2.24, 2.45) is 0 Å². The third-order valence-electron chi connectivity index (χ3n) is 2.18. The number of hydrogen-bond acceptors (Lipinski definition) is 4. The average Bonchev–Trinajstić information content (AvgIpc) is 2.28. The van der Waals surface area contributed by atoms with Crippen molar-refractivity contribution in [3.05, 3.63) is 30.5 Å². The van der Waals surface area contributed by atoms with Crippen LogP contribution in [0.5, 0.6) is 11.6 Å². The summed E-state index contributed by atoms with van der Waals surface area (Å²) in [4.78, 5) is 15.0. The van der Waals surface area contributed by atoms with Gasteiger partial charge in [-0.1, -0.05) is 6.07 Å². The van der Waals surface area contributed by atoms with Gasteiger partial charge in [-0.05, 0) is 18.2 Å². The van der Waals surface area contributed by atoms with Gasteiger partial charge >= 0.3 is 5.97 Å². The Morgan fingerprint density at radius 3 is 2.75 bits per heavy atom. The van der Waals surface area contributed by atoms with Crippen LogP contribution in [0, 0.1) is 0 Å². The summed E-state index contributed by atoms with van der Waals surface area (Å²) in [5.74, 6) is 0.695. The van der Waals surface area contributed by atoms with E-state index in [1.54, 1.807) is 31.5 Å². The van der Waals surface area contributed by atoms with E-state index in [1.165, 1.54) is 6.92 Å². The quantitative estimate of drug-likeness (QED) is 0.571. The lowest BCUT2D eigenvalue weighted by molar-refractivity contribution is -0.131. The van der Waals surface area contributed by atoms with E-state index in [9.17, 15) is 4.79 Å². The molecular weight excluding hydrogens is 206 g/mol. The number of aromatic nitrogens is 1. The number of carbonyl (C=O) groups excluding carboxylic acids is 1. The summed E-state index contributed by atoms with van der Waals surface area (Å²) in [6.07, 6.45) is 1.62. The van der Waals surface area contributed by atoms with Crippen LogP contribution in [0.4, 0.5) is 0 Å². The monoisotopic (exact) mass is 217 g/mol. The van der Waals surface area contributed by atoms with Crippen LogP contribution < -0.4 is 9.47 Å². The van der Waals surface area contributed by atoms with Crippen molar-refractivity contribution in [1.29, 1.82) is 0 Å². The minimum absolute atomic E-state index is 0.344. The van der Waals surface area contributed by atoms with Crippen LogP contribution in [-0.2, 0) is 4.79 Å². The van der Waals surface area contributed by atoms with Gasteiger partial charge in [0, 0.05) is 23.9 Å². The molecule has 0 spiro atoms. The molecule has 0 unspecified atom stereocenters. The number of carbonyl (C=O) groups is 1. The second kappa shape index (κ2) is 4.18. The van der Waals surface area contributed by atoms with E-state index in [1.807, 2.05) is 6.07 Å². The first-order chi connectivity index (χ1) is 7.72. The molecule has 1 aromatic carbocycles. The van der Waals surface area contributed by atoms with Gasteiger partial charge in [-0.25, -0.2) is 4.98 Å². The fourth-order valence-electron chi connectivity index (χ4n) is 1.56. The summed E-state index contributed by atoms with van der Waals surface area (Å²) < 4.78 is 10.2. The summed E-state index contributed by atoms with van der Waals surface area (Å²) in [6, 6.07) is 7.19. The highest BCUT2D eigenvalue weighted by Gasteiger charge is 2.08. The van der Waals surface area contributed by atoms with Crippen LogP contribution in [-0.4, -0.2) is 18.1 Å². The summed E-state index contributed by atoms with van der Waals surface area (Å²) in [6.45, 7) is 1.37. The zero-order valence-corrected chi connectivity index (χ0v) is 9.06. The van der Waals surface area contributed by atoms with Crippen molar-refractivity contribution in [3.8, 4) is 11.6 Å². The second-order valence-corrected chi connectivity index (χ2v) is 3.27. The Bertz CT molecular complexity index is 537. The summed E-state index contributed by atoms with van der Waals surface area (Å²) >= 11 is 0. The largest absolute Gasteiger partial charge is 0.481 e. The van der Waals surface area contributed by atoms with Gasteiger partial charge in [0.2, 0.25) is 5.88 Å². The molecule has 0 saturated carbocycles. The van der Waals surface area contributed by atoms with Crippen molar-refractivity contribution < 1.29 is 14.3 Å². The third kappa shape index (κ3) is 1.82. The highest BCUT2D eigenvalue weighted by molar-refractivity contribution is 5.93. The summed E-state index contributed by atoms with van der Waals surface area (Å²) in [5, 5.41) is 1.63. The Labute approximate surface area is 92.8 Å². The lowest BCUT2D eigenvalue weighted by Gasteiger charge is -2.07. The fraction of sp³-hybridized carbons (Fsp3) is 0.167. The number of rotatable bonds is 2. The number of nitrogens with zero attached hydrogens (tertiary/aromatic N) is 1. The predicted molar refractivity (Wildman–Crippen MR) is 59.6 cm³/mol. The van der Waals surface area contributed by atoms with E-state index in [0.29, 0.717) is 11.6 Å². The molecule has 0 radical (unpaired) electrons.